The lowest BCUT2D eigenvalue weighted by atomic mass is 10.1. The third-order valence-corrected chi connectivity index (χ3v) is 4.15. The van der Waals surface area contributed by atoms with Gasteiger partial charge >= 0.3 is 6.03 Å². The third kappa shape index (κ3) is 2.22. The molecule has 1 saturated carbocycles. The zero-order valence-electron chi connectivity index (χ0n) is 10.7. The first-order valence-corrected chi connectivity index (χ1v) is 6.98. The fraction of sp³-hybridized carbons (Fsp3) is 0.533. The number of nitrogens with one attached hydrogen (secondary N) is 1. The van der Waals surface area contributed by atoms with Crippen molar-refractivity contribution in [2.45, 2.75) is 32.1 Å². The quantitative estimate of drug-likeness (QED) is 0.852. The summed E-state index contributed by atoms with van der Waals surface area (Å²) in [6, 6.07) is 8.27. The molecule has 3 rings (SSSR count). The lowest BCUT2D eigenvalue weighted by Gasteiger charge is -2.19. The minimum atomic E-state index is 0.0758. The fourth-order valence-electron chi connectivity index (χ4n) is 3.09. The molecule has 0 spiro atoms. The van der Waals surface area contributed by atoms with Crippen LogP contribution in [-0.2, 0) is 6.42 Å². The molecule has 1 fully saturated rings. The van der Waals surface area contributed by atoms with Crippen LogP contribution >= 0.6 is 0 Å². The summed E-state index contributed by atoms with van der Waals surface area (Å²) in [7, 11) is 0. The molecule has 2 aliphatic rings. The average Bonchev–Trinajstić information content (AvgIpc) is 3.05. The van der Waals surface area contributed by atoms with Crippen molar-refractivity contribution in [3.05, 3.63) is 29.8 Å². The van der Waals surface area contributed by atoms with Gasteiger partial charge in [-0.15, -0.1) is 0 Å². The number of rotatable bonds is 2. The summed E-state index contributed by atoms with van der Waals surface area (Å²) in [5.74, 6) is 0.701. The van der Waals surface area contributed by atoms with E-state index in [9.17, 15) is 4.79 Å². The molecule has 0 radical (unpaired) electrons. The number of nitrogens with zero attached hydrogens (tertiary/aromatic N) is 1. The van der Waals surface area contributed by atoms with Crippen molar-refractivity contribution in [2.24, 2.45) is 5.92 Å². The van der Waals surface area contributed by atoms with Gasteiger partial charge in [0.05, 0.1) is 0 Å². The summed E-state index contributed by atoms with van der Waals surface area (Å²) in [5.41, 5.74) is 2.37. The van der Waals surface area contributed by atoms with Gasteiger partial charge in [0.1, 0.15) is 0 Å². The highest BCUT2D eigenvalue weighted by Gasteiger charge is 2.24. The first-order chi connectivity index (χ1) is 8.84. The van der Waals surface area contributed by atoms with Gasteiger partial charge < -0.3 is 5.32 Å². The summed E-state index contributed by atoms with van der Waals surface area (Å²) in [6.07, 6.45) is 6.18. The molecule has 18 heavy (non-hydrogen) atoms. The van der Waals surface area contributed by atoms with Crippen molar-refractivity contribution in [1.82, 2.24) is 5.32 Å². The Morgan fingerprint density at radius 3 is 2.89 bits per heavy atom. The van der Waals surface area contributed by atoms with Gasteiger partial charge in [0.25, 0.3) is 0 Å². The second kappa shape index (κ2) is 5.01. The molecule has 1 heterocycles. The van der Waals surface area contributed by atoms with E-state index < -0.39 is 0 Å². The number of carbonyl (C=O) groups is 1. The van der Waals surface area contributed by atoms with E-state index in [2.05, 4.69) is 11.4 Å². The number of hydrogen-bond donors (Lipinski definition) is 1. The fourth-order valence-corrected chi connectivity index (χ4v) is 3.09. The first kappa shape index (κ1) is 11.6. The van der Waals surface area contributed by atoms with Gasteiger partial charge in [0, 0.05) is 18.8 Å². The normalized spacial score (nSPS) is 19.0. The number of para-hydroxylation sites is 1. The summed E-state index contributed by atoms with van der Waals surface area (Å²) in [4.78, 5) is 14.1. The van der Waals surface area contributed by atoms with Gasteiger partial charge in [-0.1, -0.05) is 31.0 Å². The summed E-state index contributed by atoms with van der Waals surface area (Å²) >= 11 is 0. The molecule has 1 N–H and O–H groups in total. The average molecular weight is 244 g/mol. The number of anilines is 1. The van der Waals surface area contributed by atoms with Crippen molar-refractivity contribution >= 4 is 11.7 Å². The maximum atomic E-state index is 12.2. The van der Waals surface area contributed by atoms with Crippen LogP contribution in [0.4, 0.5) is 10.5 Å². The van der Waals surface area contributed by atoms with Crippen LogP contribution < -0.4 is 10.2 Å². The SMILES string of the molecule is O=C(NCC1CCCC1)N1CCc2ccccc21. The van der Waals surface area contributed by atoms with E-state index in [1.165, 1.54) is 31.2 Å². The van der Waals surface area contributed by atoms with Gasteiger partial charge in [-0.05, 0) is 36.8 Å². The second-order valence-corrected chi connectivity index (χ2v) is 5.37. The lowest BCUT2D eigenvalue weighted by Crippen LogP contribution is -2.40. The highest BCUT2D eigenvalue weighted by molar-refractivity contribution is 5.94. The largest absolute Gasteiger partial charge is 0.337 e. The van der Waals surface area contributed by atoms with Gasteiger partial charge in [0.2, 0.25) is 0 Å². The molecule has 3 nitrogen and oxygen atoms in total. The van der Waals surface area contributed by atoms with Gasteiger partial charge in [-0.2, -0.15) is 0 Å². The smallest absolute Gasteiger partial charge is 0.321 e. The maximum absolute atomic E-state index is 12.2. The number of fused-ring (bicyclic) bond motifs is 1. The molecule has 0 atom stereocenters. The number of hydrogen-bond acceptors (Lipinski definition) is 1. The monoisotopic (exact) mass is 244 g/mol. The topological polar surface area (TPSA) is 32.3 Å². The maximum Gasteiger partial charge on any atom is 0.321 e. The van der Waals surface area contributed by atoms with Crippen LogP contribution in [-0.4, -0.2) is 19.1 Å². The van der Waals surface area contributed by atoms with Crippen molar-refractivity contribution in [3.8, 4) is 0 Å². The first-order valence-electron chi connectivity index (χ1n) is 6.98. The van der Waals surface area contributed by atoms with Gasteiger partial charge in [0.15, 0.2) is 0 Å². The van der Waals surface area contributed by atoms with Crippen molar-refractivity contribution in [3.63, 3.8) is 0 Å². The Labute approximate surface area is 108 Å². The van der Waals surface area contributed by atoms with Crippen LogP contribution in [0, 0.1) is 5.92 Å². The van der Waals surface area contributed by atoms with E-state index >= 15 is 0 Å². The molecule has 1 aromatic carbocycles. The Balaban J connectivity index is 1.60. The Morgan fingerprint density at radius 2 is 2.06 bits per heavy atom. The third-order valence-electron chi connectivity index (χ3n) is 4.15. The highest BCUT2D eigenvalue weighted by Crippen LogP contribution is 2.28. The molecule has 1 aliphatic carbocycles. The van der Waals surface area contributed by atoms with Crippen molar-refractivity contribution in [2.75, 3.05) is 18.0 Å². The number of amides is 2. The Kier molecular flexibility index (Phi) is 3.22. The number of carbonyl (C=O) groups excluding carboxylic acids is 1. The lowest BCUT2D eigenvalue weighted by molar-refractivity contribution is 0.245. The standard InChI is InChI=1S/C15H20N2O/c18-15(16-11-12-5-1-2-6-12)17-10-9-13-7-3-4-8-14(13)17/h3-4,7-8,12H,1-2,5-6,9-11H2,(H,16,18). The Hall–Kier alpha value is -1.51. The molecular weight excluding hydrogens is 224 g/mol. The zero-order valence-corrected chi connectivity index (χ0v) is 10.7. The molecule has 3 heteroatoms. The Bertz CT molecular complexity index is 438. The van der Waals surface area contributed by atoms with E-state index in [0.717, 1.165) is 25.2 Å². The minimum absolute atomic E-state index is 0.0758. The molecule has 0 bridgehead atoms. The summed E-state index contributed by atoms with van der Waals surface area (Å²) in [6.45, 7) is 1.66. The van der Waals surface area contributed by atoms with E-state index in [1.54, 1.807) is 0 Å². The number of benzene rings is 1. The van der Waals surface area contributed by atoms with Crippen LogP contribution in [0.25, 0.3) is 0 Å². The second-order valence-electron chi connectivity index (χ2n) is 5.37. The molecule has 1 aromatic rings. The van der Waals surface area contributed by atoms with Gasteiger partial charge in [-0.25, -0.2) is 4.79 Å². The van der Waals surface area contributed by atoms with E-state index in [4.69, 9.17) is 0 Å². The van der Waals surface area contributed by atoms with Crippen molar-refractivity contribution in [1.29, 1.82) is 0 Å². The summed E-state index contributed by atoms with van der Waals surface area (Å²) < 4.78 is 0. The molecule has 96 valence electrons. The predicted octanol–water partition coefficient (Wildman–Crippen LogP) is 2.95. The van der Waals surface area contributed by atoms with Crippen LogP contribution in [0.3, 0.4) is 0 Å². The predicted molar refractivity (Wildman–Crippen MR) is 72.8 cm³/mol. The highest BCUT2D eigenvalue weighted by atomic mass is 16.2. The minimum Gasteiger partial charge on any atom is -0.337 e. The van der Waals surface area contributed by atoms with Crippen LogP contribution in [0.5, 0.6) is 0 Å². The molecular formula is C15H20N2O. The van der Waals surface area contributed by atoms with E-state index in [0.29, 0.717) is 5.92 Å². The molecule has 0 aromatic heterocycles. The molecule has 0 saturated heterocycles. The van der Waals surface area contributed by atoms with E-state index in [-0.39, 0.29) is 6.03 Å². The van der Waals surface area contributed by atoms with Crippen molar-refractivity contribution < 1.29 is 4.79 Å². The molecule has 2 amide bonds. The summed E-state index contributed by atoms with van der Waals surface area (Å²) in [5, 5.41) is 3.09. The zero-order chi connectivity index (χ0) is 12.4. The van der Waals surface area contributed by atoms with Crippen LogP contribution in [0.2, 0.25) is 0 Å². The van der Waals surface area contributed by atoms with Crippen LogP contribution in [0.15, 0.2) is 24.3 Å². The van der Waals surface area contributed by atoms with Gasteiger partial charge in [-0.3, -0.25) is 4.90 Å². The molecule has 1 aliphatic heterocycles. The molecule has 0 unspecified atom stereocenters. The van der Waals surface area contributed by atoms with Crippen LogP contribution in [0.1, 0.15) is 31.2 Å². The van der Waals surface area contributed by atoms with E-state index in [1.807, 2.05) is 23.1 Å². The Morgan fingerprint density at radius 1 is 1.28 bits per heavy atom. The number of urea groups is 1.